The summed E-state index contributed by atoms with van der Waals surface area (Å²) in [6, 6.07) is 23.1. The number of anilines is 1. The molecule has 0 amide bonds. The molecule has 1 radical (unpaired) electrons. The second-order valence-electron chi connectivity index (χ2n) is 8.95. The second kappa shape index (κ2) is 10.7. The Balaban J connectivity index is 0.000000338. The van der Waals surface area contributed by atoms with Gasteiger partial charge in [-0.1, -0.05) is 66.3 Å². The van der Waals surface area contributed by atoms with Crippen molar-refractivity contribution in [1.82, 2.24) is 9.30 Å². The minimum absolute atomic E-state index is 0. The molecule has 0 spiro atoms. The van der Waals surface area contributed by atoms with Gasteiger partial charge in [0.25, 0.3) is 0 Å². The summed E-state index contributed by atoms with van der Waals surface area (Å²) in [6.45, 7) is 8.32. The number of aliphatic hydroxyl groups is 1. The number of para-hydroxylation sites is 2. The maximum absolute atomic E-state index is 10.0. The molecule has 187 valence electrons. The van der Waals surface area contributed by atoms with Crippen molar-refractivity contribution in [2.24, 2.45) is 0 Å². The number of carbonyl (C=O) groups excluding carboxylic acids is 1. The molecule has 1 aliphatic heterocycles. The molecule has 0 atom stereocenters. The fourth-order valence-electron chi connectivity index (χ4n) is 4.90. The van der Waals surface area contributed by atoms with Crippen LogP contribution in [0.15, 0.2) is 78.8 Å². The first-order valence-electron chi connectivity index (χ1n) is 12.0. The summed E-state index contributed by atoms with van der Waals surface area (Å²) in [6.07, 6.45) is 7.87. The summed E-state index contributed by atoms with van der Waals surface area (Å²) < 4.78 is 2.42. The van der Waals surface area contributed by atoms with Gasteiger partial charge in [-0.15, -0.1) is 6.07 Å². The number of aromatic nitrogens is 1. The smallest absolute Gasteiger partial charge is 0.155 e. The van der Waals surface area contributed by atoms with E-state index >= 15 is 0 Å². The quantitative estimate of drug-likeness (QED) is 0.124. The standard InChI is InChI=1S/C25H21N3.C5H8O2.Ir/c1-2-3-14-26-15-16-27(17-26)22-12-7-13-23-24(22)20-10-6-9-19-18-8-4-5-11-21(18)28(23)25(19)20;1-4(6)3-5(2)7;/h4-11,13,15-17H,2-3,14H2,1H3;3,6H,1-2H3;/q-2;;/b;4-3-;. The van der Waals surface area contributed by atoms with Crippen LogP contribution in [0.2, 0.25) is 0 Å². The van der Waals surface area contributed by atoms with Crippen molar-refractivity contribution >= 4 is 49.6 Å². The maximum atomic E-state index is 10.0. The Morgan fingerprint density at radius 3 is 2.47 bits per heavy atom. The first-order chi connectivity index (χ1) is 17.0. The molecule has 0 saturated carbocycles. The summed E-state index contributed by atoms with van der Waals surface area (Å²) >= 11 is 0. The minimum Gasteiger partial charge on any atom is -0.512 e. The summed E-state index contributed by atoms with van der Waals surface area (Å²) in [5.41, 5.74) is 4.94. The molecule has 1 aliphatic rings. The van der Waals surface area contributed by atoms with E-state index < -0.39 is 0 Å². The Kier molecular flexibility index (Phi) is 7.67. The average molecular weight is 656 g/mol. The number of rotatable bonds is 5. The van der Waals surface area contributed by atoms with Crippen LogP contribution in [0, 0.1) is 12.7 Å². The third kappa shape index (κ3) is 4.59. The van der Waals surface area contributed by atoms with Crippen molar-refractivity contribution in [3.05, 3.63) is 91.6 Å². The van der Waals surface area contributed by atoms with Crippen LogP contribution in [0.4, 0.5) is 5.69 Å². The maximum Gasteiger partial charge on any atom is 0.155 e. The van der Waals surface area contributed by atoms with Gasteiger partial charge in [0.15, 0.2) is 5.78 Å². The number of fused-ring (bicyclic) bond motifs is 6. The van der Waals surface area contributed by atoms with E-state index in [0.29, 0.717) is 0 Å². The zero-order chi connectivity index (χ0) is 24.5. The van der Waals surface area contributed by atoms with Crippen LogP contribution in [-0.4, -0.2) is 26.7 Å². The Bertz CT molecular complexity index is 1580. The molecule has 0 fully saturated rings. The predicted octanol–water partition coefficient (Wildman–Crippen LogP) is 7.18. The van der Waals surface area contributed by atoms with Crippen LogP contribution < -0.4 is 4.90 Å². The number of aliphatic hydroxyl groups excluding tert-OH is 1. The molecule has 5 nitrogen and oxygen atoms in total. The topological polar surface area (TPSA) is 48.2 Å². The van der Waals surface area contributed by atoms with Crippen LogP contribution in [0.5, 0.6) is 0 Å². The fraction of sp³-hybridized carbons (Fsp3) is 0.200. The van der Waals surface area contributed by atoms with E-state index in [9.17, 15) is 4.79 Å². The molecule has 3 aromatic carbocycles. The van der Waals surface area contributed by atoms with Crippen molar-refractivity contribution in [2.75, 3.05) is 11.4 Å². The van der Waals surface area contributed by atoms with Crippen LogP contribution >= 0.6 is 0 Å². The minimum atomic E-state index is -0.125. The number of nitrogens with zero attached hydrogens (tertiary/aromatic N) is 3. The van der Waals surface area contributed by atoms with E-state index in [0.717, 1.165) is 12.2 Å². The molecule has 1 N–H and O–H groups in total. The summed E-state index contributed by atoms with van der Waals surface area (Å²) in [5, 5.41) is 13.6. The summed E-state index contributed by atoms with van der Waals surface area (Å²) in [5.74, 6) is -0.0625. The van der Waals surface area contributed by atoms with Gasteiger partial charge in [-0.05, 0) is 50.7 Å². The third-order valence-electron chi connectivity index (χ3n) is 6.29. The molecule has 0 unspecified atom stereocenters. The second-order valence-corrected chi connectivity index (χ2v) is 8.95. The number of carbonyl (C=O) groups is 1. The molecule has 36 heavy (non-hydrogen) atoms. The van der Waals surface area contributed by atoms with E-state index in [1.807, 2.05) is 0 Å². The normalized spacial score (nSPS) is 13.6. The van der Waals surface area contributed by atoms with Gasteiger partial charge in [0.2, 0.25) is 0 Å². The van der Waals surface area contributed by atoms with Crippen LogP contribution in [0.3, 0.4) is 0 Å². The average Bonchev–Trinajstić information content (AvgIpc) is 3.53. The molecule has 0 saturated heterocycles. The summed E-state index contributed by atoms with van der Waals surface area (Å²) in [7, 11) is 0. The van der Waals surface area contributed by atoms with Gasteiger partial charge < -0.3 is 19.3 Å². The van der Waals surface area contributed by atoms with Gasteiger partial charge in [-0.3, -0.25) is 4.79 Å². The Morgan fingerprint density at radius 2 is 1.75 bits per heavy atom. The SMILES string of the molecule is CC(=O)/C=C(/C)O.CCCCN1C=CN(c2[c-]ccc3c2c2cccc4c5ccccc5n3c42)[CH-]1.[Ir]. The Hall–Kier alpha value is -3.34. The Morgan fingerprint density at radius 1 is 1.00 bits per heavy atom. The Labute approximate surface area is 225 Å². The van der Waals surface area contributed by atoms with Gasteiger partial charge in [-0.25, -0.2) is 0 Å². The third-order valence-corrected chi connectivity index (χ3v) is 6.29. The van der Waals surface area contributed by atoms with Crippen LogP contribution in [-0.2, 0) is 24.9 Å². The number of unbranched alkanes of at least 4 members (excludes halogenated alkanes) is 1. The molecule has 6 heteroatoms. The molecule has 6 rings (SSSR count). The first-order valence-corrected chi connectivity index (χ1v) is 12.0. The van der Waals surface area contributed by atoms with E-state index in [2.05, 4.69) is 101 Å². The van der Waals surface area contributed by atoms with Gasteiger partial charge in [-0.2, -0.15) is 18.8 Å². The molecule has 2 aromatic heterocycles. The van der Waals surface area contributed by atoms with E-state index in [1.54, 1.807) is 0 Å². The number of hydrogen-bond acceptors (Lipinski definition) is 4. The van der Waals surface area contributed by atoms with Gasteiger partial charge in [0.05, 0.1) is 11.3 Å². The summed E-state index contributed by atoms with van der Waals surface area (Å²) in [4.78, 5) is 14.5. The molecular formula is C30H29IrN3O2-2. The van der Waals surface area contributed by atoms with Crippen molar-refractivity contribution in [2.45, 2.75) is 33.6 Å². The van der Waals surface area contributed by atoms with Crippen molar-refractivity contribution in [1.29, 1.82) is 0 Å². The van der Waals surface area contributed by atoms with Crippen molar-refractivity contribution in [3.8, 4) is 0 Å². The molecular weight excluding hydrogens is 627 g/mol. The van der Waals surface area contributed by atoms with E-state index in [4.69, 9.17) is 5.11 Å². The molecule has 0 aliphatic carbocycles. The van der Waals surface area contributed by atoms with Crippen molar-refractivity contribution in [3.63, 3.8) is 0 Å². The molecule has 5 aromatic rings. The molecule has 0 bridgehead atoms. The zero-order valence-corrected chi connectivity index (χ0v) is 23.1. The largest absolute Gasteiger partial charge is 0.512 e. The van der Waals surface area contributed by atoms with Crippen molar-refractivity contribution < 1.29 is 30.0 Å². The fourth-order valence-corrected chi connectivity index (χ4v) is 4.90. The number of benzene rings is 3. The van der Waals surface area contributed by atoms with Gasteiger partial charge >= 0.3 is 0 Å². The van der Waals surface area contributed by atoms with E-state index in [-0.39, 0.29) is 31.6 Å². The zero-order valence-electron chi connectivity index (χ0n) is 20.7. The monoisotopic (exact) mass is 656 g/mol. The number of hydrogen-bond donors (Lipinski definition) is 1. The number of ketones is 1. The van der Waals surface area contributed by atoms with Crippen LogP contribution in [0.1, 0.15) is 33.6 Å². The molecule has 3 heterocycles. The van der Waals surface area contributed by atoms with E-state index in [1.165, 1.54) is 70.9 Å². The van der Waals surface area contributed by atoms with Crippen LogP contribution in [0.25, 0.3) is 38.1 Å². The predicted molar refractivity (Wildman–Crippen MR) is 145 cm³/mol. The first kappa shape index (κ1) is 25.7. The van der Waals surface area contributed by atoms with Gasteiger partial charge in [0, 0.05) is 42.5 Å². The number of allylic oxidation sites excluding steroid dienone is 2. The van der Waals surface area contributed by atoms with Gasteiger partial charge in [0.1, 0.15) is 0 Å².